The smallest absolute Gasteiger partial charge is 0.106 e. The van der Waals surface area contributed by atoms with Crippen LogP contribution >= 0.6 is 12.2 Å². The van der Waals surface area contributed by atoms with Crippen LogP contribution in [-0.2, 0) is 0 Å². The molecule has 0 radical (unpaired) electrons. The molecule has 0 saturated heterocycles. The minimum Gasteiger partial charge on any atom is -0.389 e. The molecule has 1 aromatic carbocycles. The van der Waals surface area contributed by atoms with E-state index in [4.69, 9.17) is 18.0 Å². The van der Waals surface area contributed by atoms with Crippen molar-refractivity contribution in [3.8, 4) is 0 Å². The number of anilines is 1. The Morgan fingerprint density at radius 2 is 2.15 bits per heavy atom. The van der Waals surface area contributed by atoms with E-state index in [1.165, 1.54) is 31.2 Å². The summed E-state index contributed by atoms with van der Waals surface area (Å²) in [6, 6.07) is 6.77. The summed E-state index contributed by atoms with van der Waals surface area (Å²) in [7, 11) is 0. The summed E-state index contributed by atoms with van der Waals surface area (Å²) in [6.07, 6.45) is 5.73. The molecule has 4 atom stereocenters. The van der Waals surface area contributed by atoms with Crippen LogP contribution in [0.5, 0.6) is 0 Å². The van der Waals surface area contributed by atoms with Gasteiger partial charge in [0.2, 0.25) is 0 Å². The largest absolute Gasteiger partial charge is 0.389 e. The number of nitrogens with two attached hydrogens (primary N) is 1. The second-order valence-corrected chi connectivity index (χ2v) is 7.12. The third-order valence-electron chi connectivity index (χ3n) is 5.26. The lowest BCUT2D eigenvalue weighted by molar-refractivity contribution is 0.304. The van der Waals surface area contributed by atoms with E-state index in [0.717, 1.165) is 29.0 Å². The molecule has 20 heavy (non-hydrogen) atoms. The molecule has 1 aromatic rings. The Labute approximate surface area is 127 Å². The molecule has 0 heterocycles. The average molecular weight is 288 g/mol. The van der Waals surface area contributed by atoms with Crippen molar-refractivity contribution >= 4 is 22.9 Å². The van der Waals surface area contributed by atoms with Crippen molar-refractivity contribution in [2.24, 2.45) is 23.5 Å². The molecule has 2 nitrogen and oxygen atoms in total. The summed E-state index contributed by atoms with van der Waals surface area (Å²) in [5.74, 6) is 2.73. The molecular weight excluding hydrogens is 264 g/mol. The summed E-state index contributed by atoms with van der Waals surface area (Å²) in [5, 5.41) is 3.69. The van der Waals surface area contributed by atoms with Crippen LogP contribution in [0.15, 0.2) is 18.2 Å². The first-order valence-electron chi connectivity index (χ1n) is 7.71. The van der Waals surface area contributed by atoms with Gasteiger partial charge in [-0.2, -0.15) is 0 Å². The van der Waals surface area contributed by atoms with Gasteiger partial charge in [-0.05, 0) is 68.6 Å². The van der Waals surface area contributed by atoms with E-state index in [2.05, 4.69) is 31.3 Å². The van der Waals surface area contributed by atoms with Gasteiger partial charge in [-0.25, -0.2) is 0 Å². The highest BCUT2D eigenvalue weighted by atomic mass is 32.1. The van der Waals surface area contributed by atoms with Crippen LogP contribution in [0.3, 0.4) is 0 Å². The molecule has 3 heteroatoms. The highest BCUT2D eigenvalue weighted by Crippen LogP contribution is 2.49. The van der Waals surface area contributed by atoms with Gasteiger partial charge in [0.05, 0.1) is 0 Å². The normalized spacial score (nSPS) is 29.4. The predicted molar refractivity (Wildman–Crippen MR) is 89.1 cm³/mol. The van der Waals surface area contributed by atoms with Gasteiger partial charge in [0.15, 0.2) is 0 Å². The van der Waals surface area contributed by atoms with E-state index < -0.39 is 0 Å². The summed E-state index contributed by atoms with van der Waals surface area (Å²) in [6.45, 7) is 4.42. The fraction of sp³-hybridized carbons (Fsp3) is 0.588. The fourth-order valence-electron chi connectivity index (χ4n) is 4.25. The van der Waals surface area contributed by atoms with E-state index in [1.807, 2.05) is 6.07 Å². The molecule has 0 aliphatic heterocycles. The minimum absolute atomic E-state index is 0.479. The maximum atomic E-state index is 5.85. The van der Waals surface area contributed by atoms with Crippen molar-refractivity contribution in [2.75, 3.05) is 5.32 Å². The number of hydrogen-bond donors (Lipinski definition) is 2. The fourth-order valence-corrected chi connectivity index (χ4v) is 4.43. The van der Waals surface area contributed by atoms with E-state index in [0.29, 0.717) is 11.0 Å². The van der Waals surface area contributed by atoms with Gasteiger partial charge in [-0.3, -0.25) is 0 Å². The number of thiocarbonyl (C=S) groups is 1. The van der Waals surface area contributed by atoms with Crippen LogP contribution in [-0.4, -0.2) is 11.0 Å². The summed E-state index contributed by atoms with van der Waals surface area (Å²) < 4.78 is 0. The SMILES string of the molecule is Cc1ccc(C(N)=S)c(NC(C)C2CC3CCC2C3)c1. The molecule has 0 spiro atoms. The zero-order valence-electron chi connectivity index (χ0n) is 12.4. The van der Waals surface area contributed by atoms with Crippen molar-refractivity contribution in [1.29, 1.82) is 0 Å². The van der Waals surface area contributed by atoms with Gasteiger partial charge in [0.1, 0.15) is 4.99 Å². The predicted octanol–water partition coefficient (Wildman–Crippen LogP) is 3.87. The number of fused-ring (bicyclic) bond motifs is 2. The molecule has 3 rings (SSSR count). The summed E-state index contributed by atoms with van der Waals surface area (Å²) >= 11 is 5.17. The first-order valence-corrected chi connectivity index (χ1v) is 8.12. The lowest BCUT2D eigenvalue weighted by Gasteiger charge is -2.30. The first kappa shape index (κ1) is 13.9. The standard InChI is InChI=1S/C17H24N2S/c1-10-3-6-14(17(18)20)16(7-10)19-11(2)15-9-12-4-5-13(15)8-12/h3,6-7,11-13,15,19H,4-5,8-9H2,1-2H3,(H2,18,20). The van der Waals surface area contributed by atoms with Gasteiger partial charge in [0, 0.05) is 17.3 Å². The number of hydrogen-bond acceptors (Lipinski definition) is 2. The minimum atomic E-state index is 0.479. The second-order valence-electron chi connectivity index (χ2n) is 6.69. The molecule has 2 bridgehead atoms. The first-order chi connectivity index (χ1) is 9.54. The van der Waals surface area contributed by atoms with E-state index in [1.54, 1.807) is 0 Å². The Morgan fingerprint density at radius 1 is 1.35 bits per heavy atom. The van der Waals surface area contributed by atoms with Gasteiger partial charge in [0.25, 0.3) is 0 Å². The molecular formula is C17H24N2S. The molecule has 2 aliphatic carbocycles. The maximum Gasteiger partial charge on any atom is 0.106 e. The zero-order valence-corrected chi connectivity index (χ0v) is 13.2. The van der Waals surface area contributed by atoms with Crippen molar-refractivity contribution < 1.29 is 0 Å². The Morgan fingerprint density at radius 3 is 2.75 bits per heavy atom. The topological polar surface area (TPSA) is 38.0 Å². The average Bonchev–Trinajstić information content (AvgIpc) is 3.00. The Kier molecular flexibility index (Phi) is 3.72. The van der Waals surface area contributed by atoms with Crippen molar-refractivity contribution in [2.45, 2.75) is 45.6 Å². The quantitative estimate of drug-likeness (QED) is 0.826. The van der Waals surface area contributed by atoms with Gasteiger partial charge >= 0.3 is 0 Å². The molecule has 2 aliphatic rings. The molecule has 2 saturated carbocycles. The number of rotatable bonds is 4. The van der Waals surface area contributed by atoms with Crippen LogP contribution < -0.4 is 11.1 Å². The molecule has 108 valence electrons. The number of aryl methyl sites for hydroxylation is 1. The van der Waals surface area contributed by atoms with Gasteiger partial charge < -0.3 is 11.1 Å². The maximum absolute atomic E-state index is 5.85. The molecule has 3 N–H and O–H groups in total. The van der Waals surface area contributed by atoms with Crippen molar-refractivity contribution in [1.82, 2.24) is 0 Å². The molecule has 0 aromatic heterocycles. The molecule has 2 fully saturated rings. The van der Waals surface area contributed by atoms with Gasteiger partial charge in [-0.1, -0.05) is 24.7 Å². The van der Waals surface area contributed by atoms with Crippen molar-refractivity contribution in [3.05, 3.63) is 29.3 Å². The summed E-state index contributed by atoms with van der Waals surface area (Å²) in [5.41, 5.74) is 9.17. The number of benzene rings is 1. The van der Waals surface area contributed by atoms with Crippen LogP contribution in [0.25, 0.3) is 0 Å². The molecule has 4 unspecified atom stereocenters. The zero-order chi connectivity index (χ0) is 14.3. The highest BCUT2D eigenvalue weighted by molar-refractivity contribution is 7.80. The molecule has 0 amide bonds. The number of nitrogens with one attached hydrogen (secondary N) is 1. The van der Waals surface area contributed by atoms with Crippen LogP contribution in [0.2, 0.25) is 0 Å². The third kappa shape index (κ3) is 2.56. The van der Waals surface area contributed by atoms with E-state index in [-0.39, 0.29) is 0 Å². The van der Waals surface area contributed by atoms with Crippen LogP contribution in [0, 0.1) is 24.7 Å². The van der Waals surface area contributed by atoms with E-state index in [9.17, 15) is 0 Å². The third-order valence-corrected chi connectivity index (χ3v) is 5.48. The summed E-state index contributed by atoms with van der Waals surface area (Å²) in [4.78, 5) is 0.479. The van der Waals surface area contributed by atoms with Crippen LogP contribution in [0.1, 0.15) is 43.7 Å². The second kappa shape index (κ2) is 5.36. The Bertz CT molecular complexity index is 526. The lowest BCUT2D eigenvalue weighted by Crippen LogP contribution is -2.30. The highest BCUT2D eigenvalue weighted by Gasteiger charge is 2.41. The Hall–Kier alpha value is -1.09. The van der Waals surface area contributed by atoms with E-state index >= 15 is 0 Å². The Balaban J connectivity index is 1.77. The van der Waals surface area contributed by atoms with Gasteiger partial charge in [-0.15, -0.1) is 0 Å². The monoisotopic (exact) mass is 288 g/mol. The lowest BCUT2D eigenvalue weighted by atomic mass is 9.84. The van der Waals surface area contributed by atoms with Crippen molar-refractivity contribution in [3.63, 3.8) is 0 Å². The van der Waals surface area contributed by atoms with Crippen LogP contribution in [0.4, 0.5) is 5.69 Å².